The van der Waals surface area contributed by atoms with Crippen molar-refractivity contribution in [2.75, 3.05) is 26.3 Å². The Morgan fingerprint density at radius 3 is 2.48 bits per heavy atom. The van der Waals surface area contributed by atoms with Gasteiger partial charge in [-0.25, -0.2) is 0 Å². The van der Waals surface area contributed by atoms with E-state index in [9.17, 15) is 14.7 Å². The molecule has 0 bridgehead atoms. The number of carbonyl (C=O) groups excluding carboxylic acids is 1. The van der Waals surface area contributed by atoms with Gasteiger partial charge < -0.3 is 19.5 Å². The number of carboxylic acid groups (broad SMARTS) is 1. The molecule has 2 saturated heterocycles. The van der Waals surface area contributed by atoms with Crippen molar-refractivity contribution in [3.63, 3.8) is 0 Å². The highest BCUT2D eigenvalue weighted by atomic mass is 16.7. The maximum atomic E-state index is 12.7. The summed E-state index contributed by atoms with van der Waals surface area (Å²) < 4.78 is 11.4. The molecule has 0 aromatic carbocycles. The minimum absolute atomic E-state index is 0.0788. The summed E-state index contributed by atoms with van der Waals surface area (Å²) in [6, 6.07) is 0. The van der Waals surface area contributed by atoms with Gasteiger partial charge in [0.2, 0.25) is 5.91 Å². The molecule has 116 valence electrons. The van der Waals surface area contributed by atoms with E-state index in [1.54, 1.807) is 4.90 Å². The molecular weight excluding hydrogens is 274 g/mol. The average molecular weight is 295 g/mol. The monoisotopic (exact) mass is 295 g/mol. The molecule has 0 saturated carbocycles. The molecule has 0 aromatic rings. The lowest BCUT2D eigenvalue weighted by Crippen LogP contribution is -2.53. The first-order valence-electron chi connectivity index (χ1n) is 7.56. The summed E-state index contributed by atoms with van der Waals surface area (Å²) in [4.78, 5) is 25.8. The van der Waals surface area contributed by atoms with Gasteiger partial charge in [-0.15, -0.1) is 0 Å². The molecular formula is C15H21NO5. The third kappa shape index (κ3) is 2.82. The minimum Gasteiger partial charge on any atom is -0.481 e. The van der Waals surface area contributed by atoms with Crippen LogP contribution >= 0.6 is 0 Å². The van der Waals surface area contributed by atoms with Crippen molar-refractivity contribution in [2.24, 2.45) is 11.8 Å². The molecule has 0 aromatic heterocycles. The van der Waals surface area contributed by atoms with Crippen LogP contribution in [-0.2, 0) is 19.1 Å². The van der Waals surface area contributed by atoms with Gasteiger partial charge in [0, 0.05) is 13.0 Å². The number of carboxylic acids is 1. The van der Waals surface area contributed by atoms with Gasteiger partial charge in [0.1, 0.15) is 0 Å². The topological polar surface area (TPSA) is 76.1 Å². The maximum Gasteiger partial charge on any atom is 0.307 e. The highest BCUT2D eigenvalue weighted by Gasteiger charge is 2.44. The summed E-state index contributed by atoms with van der Waals surface area (Å²) >= 11 is 0. The van der Waals surface area contributed by atoms with E-state index in [2.05, 4.69) is 0 Å². The van der Waals surface area contributed by atoms with E-state index in [1.165, 1.54) is 0 Å². The molecule has 1 amide bonds. The molecule has 2 aliphatic heterocycles. The van der Waals surface area contributed by atoms with Crippen molar-refractivity contribution in [2.45, 2.75) is 31.5 Å². The van der Waals surface area contributed by atoms with Gasteiger partial charge in [-0.3, -0.25) is 9.59 Å². The van der Waals surface area contributed by atoms with Crippen molar-refractivity contribution < 1.29 is 24.2 Å². The Balaban J connectivity index is 1.71. The molecule has 2 fully saturated rings. The van der Waals surface area contributed by atoms with Crippen LogP contribution in [0.1, 0.15) is 25.7 Å². The lowest BCUT2D eigenvalue weighted by atomic mass is 9.81. The van der Waals surface area contributed by atoms with Crippen LogP contribution in [0.15, 0.2) is 12.2 Å². The number of ether oxygens (including phenoxy) is 2. The van der Waals surface area contributed by atoms with Crippen LogP contribution in [0.4, 0.5) is 0 Å². The number of hydrogen-bond donors (Lipinski definition) is 1. The van der Waals surface area contributed by atoms with E-state index in [0.29, 0.717) is 39.1 Å². The molecule has 3 aliphatic rings. The summed E-state index contributed by atoms with van der Waals surface area (Å²) in [6.45, 7) is 2.19. The Bertz CT molecular complexity index is 455. The van der Waals surface area contributed by atoms with Gasteiger partial charge in [-0.05, 0) is 19.3 Å². The first-order valence-corrected chi connectivity index (χ1v) is 7.56. The lowest BCUT2D eigenvalue weighted by molar-refractivity contribution is -0.195. The fourth-order valence-corrected chi connectivity index (χ4v) is 3.50. The summed E-state index contributed by atoms with van der Waals surface area (Å²) in [5.41, 5.74) is 0. The first kappa shape index (κ1) is 14.5. The van der Waals surface area contributed by atoms with E-state index >= 15 is 0 Å². The summed E-state index contributed by atoms with van der Waals surface area (Å²) in [6.07, 6.45) is 6.31. The Morgan fingerprint density at radius 2 is 1.81 bits per heavy atom. The van der Waals surface area contributed by atoms with Crippen LogP contribution in [0.3, 0.4) is 0 Å². The third-order valence-corrected chi connectivity index (χ3v) is 4.61. The van der Waals surface area contributed by atoms with Gasteiger partial charge in [-0.1, -0.05) is 12.2 Å². The van der Waals surface area contributed by atoms with Crippen molar-refractivity contribution in [1.82, 2.24) is 4.90 Å². The number of likely N-dealkylation sites (tertiary alicyclic amines) is 1. The maximum absolute atomic E-state index is 12.7. The molecule has 1 N–H and O–H groups in total. The molecule has 6 nitrogen and oxygen atoms in total. The molecule has 1 spiro atoms. The quantitative estimate of drug-likeness (QED) is 0.770. The third-order valence-electron chi connectivity index (χ3n) is 4.61. The van der Waals surface area contributed by atoms with Crippen molar-refractivity contribution >= 4 is 11.9 Å². The van der Waals surface area contributed by atoms with Crippen LogP contribution in [0, 0.1) is 11.8 Å². The Labute approximate surface area is 123 Å². The molecule has 1 aliphatic carbocycles. The smallest absolute Gasteiger partial charge is 0.307 e. The van der Waals surface area contributed by atoms with Crippen molar-refractivity contribution in [1.29, 1.82) is 0 Å². The lowest BCUT2D eigenvalue weighted by Gasteiger charge is -2.40. The minimum atomic E-state index is -0.891. The van der Waals surface area contributed by atoms with Crippen LogP contribution in [-0.4, -0.2) is 54.0 Å². The Hall–Kier alpha value is -1.40. The number of rotatable bonds is 2. The van der Waals surface area contributed by atoms with E-state index in [-0.39, 0.29) is 5.91 Å². The number of hydrogen-bond acceptors (Lipinski definition) is 4. The predicted octanol–water partition coefficient (Wildman–Crippen LogP) is 1.02. The van der Waals surface area contributed by atoms with Crippen molar-refractivity contribution in [3.05, 3.63) is 12.2 Å². The van der Waals surface area contributed by atoms with Crippen molar-refractivity contribution in [3.8, 4) is 0 Å². The zero-order valence-corrected chi connectivity index (χ0v) is 12.0. The summed E-state index contributed by atoms with van der Waals surface area (Å²) in [5.74, 6) is -2.71. The van der Waals surface area contributed by atoms with E-state index in [0.717, 1.165) is 12.8 Å². The average Bonchev–Trinajstić information content (AvgIpc) is 2.94. The predicted molar refractivity (Wildman–Crippen MR) is 73.4 cm³/mol. The second-order valence-electron chi connectivity index (χ2n) is 5.96. The molecule has 3 rings (SSSR count). The Kier molecular flexibility index (Phi) is 3.99. The fraction of sp³-hybridized carbons (Fsp3) is 0.733. The molecule has 0 unspecified atom stereocenters. The van der Waals surface area contributed by atoms with Gasteiger partial charge in [0.05, 0.1) is 31.6 Å². The number of amides is 1. The first-order chi connectivity index (χ1) is 10.1. The van der Waals surface area contributed by atoms with Crippen LogP contribution < -0.4 is 0 Å². The van der Waals surface area contributed by atoms with E-state index in [1.807, 2.05) is 12.2 Å². The summed E-state index contributed by atoms with van der Waals surface area (Å²) in [5, 5.41) is 9.31. The largest absolute Gasteiger partial charge is 0.481 e. The van der Waals surface area contributed by atoms with Gasteiger partial charge in [0.15, 0.2) is 5.79 Å². The molecule has 2 heterocycles. The normalized spacial score (nSPS) is 31.5. The number of aliphatic carboxylic acids is 1. The molecule has 0 radical (unpaired) electrons. The zero-order chi connectivity index (χ0) is 14.9. The molecule has 2 atom stereocenters. The SMILES string of the molecule is O=C(O)[C@H]1CC=CC[C@H]1C(=O)N1CCCC2(C1)OCCO2. The van der Waals surface area contributed by atoms with Gasteiger partial charge >= 0.3 is 5.97 Å². The van der Waals surface area contributed by atoms with Crippen LogP contribution in [0.25, 0.3) is 0 Å². The molecule has 6 heteroatoms. The second-order valence-corrected chi connectivity index (χ2v) is 5.96. The molecule has 21 heavy (non-hydrogen) atoms. The standard InChI is InChI=1S/C15H21NO5/c17-13(11-4-1-2-5-12(11)14(18)19)16-7-3-6-15(10-16)20-8-9-21-15/h1-2,11-12H,3-10H2,(H,18,19)/t11-,12+/m1/s1. The second kappa shape index (κ2) is 5.77. The summed E-state index contributed by atoms with van der Waals surface area (Å²) in [7, 11) is 0. The van der Waals surface area contributed by atoms with Gasteiger partial charge in [0.25, 0.3) is 0 Å². The van der Waals surface area contributed by atoms with Crippen LogP contribution in [0.2, 0.25) is 0 Å². The number of carbonyl (C=O) groups is 2. The zero-order valence-electron chi connectivity index (χ0n) is 12.0. The number of nitrogens with zero attached hydrogens (tertiary/aromatic N) is 1. The fourth-order valence-electron chi connectivity index (χ4n) is 3.50. The number of piperidine rings is 1. The van der Waals surface area contributed by atoms with Crippen LogP contribution in [0.5, 0.6) is 0 Å². The highest BCUT2D eigenvalue weighted by Crippen LogP contribution is 2.33. The van der Waals surface area contributed by atoms with Gasteiger partial charge in [-0.2, -0.15) is 0 Å². The number of allylic oxidation sites excluding steroid dienone is 2. The van der Waals surface area contributed by atoms with E-state index in [4.69, 9.17) is 9.47 Å². The highest BCUT2D eigenvalue weighted by molar-refractivity contribution is 5.85. The van der Waals surface area contributed by atoms with E-state index < -0.39 is 23.6 Å². The Morgan fingerprint density at radius 1 is 1.14 bits per heavy atom.